The van der Waals surface area contributed by atoms with Gasteiger partial charge in [0.1, 0.15) is 0 Å². The maximum atomic E-state index is 5.65. The van der Waals surface area contributed by atoms with Gasteiger partial charge in [0.2, 0.25) is 0 Å². The molecule has 3 nitrogen and oxygen atoms in total. The molecule has 1 atom stereocenters. The van der Waals surface area contributed by atoms with E-state index in [4.69, 9.17) is 10.5 Å². The summed E-state index contributed by atoms with van der Waals surface area (Å²) in [5.74, 6) is 0. The topological polar surface area (TPSA) is 38.5 Å². The fourth-order valence-electron chi connectivity index (χ4n) is 2.35. The Morgan fingerprint density at radius 2 is 1.95 bits per heavy atom. The van der Waals surface area contributed by atoms with Crippen LogP contribution in [0.3, 0.4) is 0 Å². The van der Waals surface area contributed by atoms with Crippen LogP contribution in [0.2, 0.25) is 0 Å². The van der Waals surface area contributed by atoms with Gasteiger partial charge >= 0.3 is 0 Å². The highest BCUT2D eigenvalue weighted by molar-refractivity contribution is 5.47. The number of hydrogen-bond donors (Lipinski definition) is 1. The number of ether oxygens (including phenoxy) is 1. The molecule has 0 saturated heterocycles. The minimum absolute atomic E-state index is 0.419. The van der Waals surface area contributed by atoms with Crippen molar-refractivity contribution in [2.24, 2.45) is 5.73 Å². The SMILES string of the molecule is CCCCN(c1ccccc1)C(CCCN)COC. The first-order chi connectivity index (χ1) is 9.33. The van der Waals surface area contributed by atoms with Crippen LogP contribution in [0.1, 0.15) is 32.6 Å². The first-order valence-electron chi connectivity index (χ1n) is 7.34. The summed E-state index contributed by atoms with van der Waals surface area (Å²) < 4.78 is 5.40. The van der Waals surface area contributed by atoms with Gasteiger partial charge < -0.3 is 15.4 Å². The Bertz CT molecular complexity index is 316. The quantitative estimate of drug-likeness (QED) is 0.706. The summed E-state index contributed by atoms with van der Waals surface area (Å²) >= 11 is 0. The van der Waals surface area contributed by atoms with E-state index < -0.39 is 0 Å². The van der Waals surface area contributed by atoms with Crippen LogP contribution < -0.4 is 10.6 Å². The Kier molecular flexibility index (Phi) is 8.26. The fraction of sp³-hybridized carbons (Fsp3) is 0.625. The van der Waals surface area contributed by atoms with Gasteiger partial charge in [0.25, 0.3) is 0 Å². The molecule has 0 aliphatic rings. The van der Waals surface area contributed by atoms with Crippen LogP contribution in [0.15, 0.2) is 30.3 Å². The summed E-state index contributed by atoms with van der Waals surface area (Å²) in [7, 11) is 1.78. The molecule has 0 fully saturated rings. The number of hydrogen-bond acceptors (Lipinski definition) is 3. The first kappa shape index (κ1) is 16.0. The van der Waals surface area contributed by atoms with Gasteiger partial charge in [-0.05, 0) is 37.9 Å². The van der Waals surface area contributed by atoms with Crippen molar-refractivity contribution in [3.63, 3.8) is 0 Å². The largest absolute Gasteiger partial charge is 0.383 e. The van der Waals surface area contributed by atoms with Crippen molar-refractivity contribution >= 4 is 5.69 Å². The third-order valence-electron chi connectivity index (χ3n) is 3.38. The molecule has 0 aromatic heterocycles. The van der Waals surface area contributed by atoms with E-state index >= 15 is 0 Å². The van der Waals surface area contributed by atoms with Gasteiger partial charge in [-0.2, -0.15) is 0 Å². The van der Waals surface area contributed by atoms with Crippen LogP contribution in [0.5, 0.6) is 0 Å². The van der Waals surface area contributed by atoms with E-state index in [1.165, 1.54) is 18.5 Å². The molecule has 1 aromatic rings. The zero-order chi connectivity index (χ0) is 13.9. The zero-order valence-corrected chi connectivity index (χ0v) is 12.3. The van der Waals surface area contributed by atoms with Crippen molar-refractivity contribution in [3.05, 3.63) is 30.3 Å². The summed E-state index contributed by atoms with van der Waals surface area (Å²) in [5.41, 5.74) is 6.94. The van der Waals surface area contributed by atoms with Crippen molar-refractivity contribution < 1.29 is 4.74 Å². The lowest BCUT2D eigenvalue weighted by Gasteiger charge is -2.33. The van der Waals surface area contributed by atoms with Gasteiger partial charge in [0.05, 0.1) is 12.6 Å². The molecular weight excluding hydrogens is 236 g/mol. The predicted octanol–water partition coefficient (Wildman–Crippen LogP) is 3.05. The fourth-order valence-corrected chi connectivity index (χ4v) is 2.35. The summed E-state index contributed by atoms with van der Waals surface area (Å²) in [5, 5.41) is 0. The van der Waals surface area contributed by atoms with Crippen LogP contribution in [0, 0.1) is 0 Å². The molecule has 3 heteroatoms. The standard InChI is InChI=1S/C16H28N2O/c1-3-4-13-18(15-9-6-5-7-10-15)16(14-19-2)11-8-12-17/h5-7,9-10,16H,3-4,8,11-14,17H2,1-2H3. The van der Waals surface area contributed by atoms with E-state index in [0.29, 0.717) is 6.04 Å². The Labute approximate surface area is 117 Å². The Hall–Kier alpha value is -1.06. The first-order valence-corrected chi connectivity index (χ1v) is 7.34. The molecule has 19 heavy (non-hydrogen) atoms. The molecule has 0 heterocycles. The smallest absolute Gasteiger partial charge is 0.0666 e. The van der Waals surface area contributed by atoms with E-state index in [2.05, 4.69) is 42.2 Å². The molecular formula is C16H28N2O. The molecule has 0 spiro atoms. The molecule has 0 saturated carbocycles. The molecule has 0 amide bonds. The highest BCUT2D eigenvalue weighted by Gasteiger charge is 2.17. The minimum Gasteiger partial charge on any atom is -0.383 e. The molecule has 1 aromatic carbocycles. The van der Waals surface area contributed by atoms with Gasteiger partial charge in [-0.25, -0.2) is 0 Å². The van der Waals surface area contributed by atoms with Crippen molar-refractivity contribution in [1.82, 2.24) is 0 Å². The third-order valence-corrected chi connectivity index (χ3v) is 3.38. The van der Waals surface area contributed by atoms with Gasteiger partial charge in [-0.3, -0.25) is 0 Å². The summed E-state index contributed by atoms with van der Waals surface area (Å²) in [4.78, 5) is 2.47. The number of unbranched alkanes of at least 4 members (excludes halogenated alkanes) is 1. The lowest BCUT2D eigenvalue weighted by molar-refractivity contribution is 0.172. The number of nitrogens with zero attached hydrogens (tertiary/aromatic N) is 1. The van der Waals surface area contributed by atoms with Crippen molar-refractivity contribution in [3.8, 4) is 0 Å². The second kappa shape index (κ2) is 9.82. The maximum Gasteiger partial charge on any atom is 0.0666 e. The second-order valence-corrected chi connectivity index (χ2v) is 4.92. The predicted molar refractivity (Wildman–Crippen MR) is 82.6 cm³/mol. The Balaban J connectivity index is 2.79. The van der Waals surface area contributed by atoms with E-state index in [-0.39, 0.29) is 0 Å². The summed E-state index contributed by atoms with van der Waals surface area (Å²) in [6, 6.07) is 11.0. The lowest BCUT2D eigenvalue weighted by atomic mass is 10.1. The number of rotatable bonds is 10. The molecule has 1 rings (SSSR count). The zero-order valence-electron chi connectivity index (χ0n) is 12.3. The lowest BCUT2D eigenvalue weighted by Crippen LogP contribution is -2.39. The van der Waals surface area contributed by atoms with E-state index in [1.54, 1.807) is 7.11 Å². The third kappa shape index (κ3) is 5.62. The van der Waals surface area contributed by atoms with Gasteiger partial charge in [-0.1, -0.05) is 31.5 Å². The number of anilines is 1. The van der Waals surface area contributed by atoms with Crippen LogP contribution in [0.4, 0.5) is 5.69 Å². The molecule has 0 aliphatic carbocycles. The molecule has 0 bridgehead atoms. The van der Waals surface area contributed by atoms with Crippen LogP contribution in [-0.2, 0) is 4.74 Å². The number of nitrogens with two attached hydrogens (primary N) is 1. The Morgan fingerprint density at radius 1 is 1.21 bits per heavy atom. The molecule has 2 N–H and O–H groups in total. The van der Waals surface area contributed by atoms with Crippen LogP contribution >= 0.6 is 0 Å². The average Bonchev–Trinajstić information content (AvgIpc) is 2.46. The number of methoxy groups -OCH3 is 1. The van der Waals surface area contributed by atoms with Crippen molar-refractivity contribution in [1.29, 1.82) is 0 Å². The monoisotopic (exact) mass is 264 g/mol. The summed E-state index contributed by atoms with van der Waals surface area (Å²) in [6.07, 6.45) is 4.55. The van der Waals surface area contributed by atoms with Crippen molar-refractivity contribution in [2.75, 3.05) is 31.7 Å². The summed E-state index contributed by atoms with van der Waals surface area (Å²) in [6.45, 7) is 4.82. The Morgan fingerprint density at radius 3 is 2.53 bits per heavy atom. The van der Waals surface area contributed by atoms with E-state index in [1.807, 2.05) is 0 Å². The van der Waals surface area contributed by atoms with Gasteiger partial charge in [0, 0.05) is 19.3 Å². The second-order valence-electron chi connectivity index (χ2n) is 4.92. The highest BCUT2D eigenvalue weighted by atomic mass is 16.5. The number of benzene rings is 1. The van der Waals surface area contributed by atoms with E-state index in [9.17, 15) is 0 Å². The van der Waals surface area contributed by atoms with Gasteiger partial charge in [-0.15, -0.1) is 0 Å². The minimum atomic E-state index is 0.419. The molecule has 0 radical (unpaired) electrons. The number of para-hydroxylation sites is 1. The molecule has 0 aliphatic heterocycles. The van der Waals surface area contributed by atoms with E-state index in [0.717, 1.165) is 32.5 Å². The average molecular weight is 264 g/mol. The normalized spacial score (nSPS) is 12.4. The molecule has 108 valence electrons. The van der Waals surface area contributed by atoms with Gasteiger partial charge in [0.15, 0.2) is 0 Å². The highest BCUT2D eigenvalue weighted by Crippen LogP contribution is 2.20. The maximum absolute atomic E-state index is 5.65. The van der Waals surface area contributed by atoms with Crippen molar-refractivity contribution in [2.45, 2.75) is 38.6 Å². The van der Waals surface area contributed by atoms with Crippen LogP contribution in [-0.4, -0.2) is 32.8 Å². The van der Waals surface area contributed by atoms with Crippen LogP contribution in [0.25, 0.3) is 0 Å². The molecule has 1 unspecified atom stereocenters.